The molecular formula is C42H51N7O8. The number of rotatable bonds is 11. The molecule has 1 aromatic heterocycles. The summed E-state index contributed by atoms with van der Waals surface area (Å²) in [6.07, 6.45) is 2.07. The van der Waals surface area contributed by atoms with Crippen molar-refractivity contribution in [1.29, 1.82) is 0 Å². The van der Waals surface area contributed by atoms with E-state index in [0.29, 0.717) is 54.5 Å². The molecule has 5 amide bonds. The number of likely N-dealkylation sites (tertiary alicyclic amines) is 1. The fraction of sp³-hybridized carbons (Fsp3) is 0.429. The molecule has 3 aromatic carbocycles. The van der Waals surface area contributed by atoms with E-state index in [-0.39, 0.29) is 48.2 Å². The number of carboxylic acid groups (broad SMARTS) is 1. The van der Waals surface area contributed by atoms with Crippen LogP contribution in [-0.2, 0) is 20.7 Å². The number of nitrogens with zero attached hydrogens (tertiary/aromatic N) is 1. The van der Waals surface area contributed by atoms with Crippen molar-refractivity contribution in [3.63, 3.8) is 0 Å². The lowest BCUT2D eigenvalue weighted by Gasteiger charge is -2.29. The number of aryl methyl sites for hydroxylation is 1. The molecule has 4 aromatic rings. The maximum absolute atomic E-state index is 13.8. The number of aromatic amines is 2. The fourth-order valence-electron chi connectivity index (χ4n) is 7.52. The Kier molecular flexibility index (Phi) is 12.3. The monoisotopic (exact) mass is 781 g/mol. The Labute approximate surface area is 330 Å². The number of aromatic nitrogens is 2. The van der Waals surface area contributed by atoms with Gasteiger partial charge in [-0.25, -0.2) is 9.59 Å². The number of alkyl carbamates (subject to hydrolysis) is 1. The third kappa shape index (κ3) is 10.6. The first-order valence-corrected chi connectivity index (χ1v) is 19.4. The maximum atomic E-state index is 13.8. The second-order valence-electron chi connectivity index (χ2n) is 16.1. The lowest BCUT2D eigenvalue weighted by Crippen LogP contribution is -2.48. The summed E-state index contributed by atoms with van der Waals surface area (Å²) in [4.78, 5) is 77.2. The highest BCUT2D eigenvalue weighted by Gasteiger charge is 2.31. The van der Waals surface area contributed by atoms with Gasteiger partial charge < -0.3 is 36.0 Å². The minimum absolute atomic E-state index is 0.206. The highest BCUT2D eigenvalue weighted by molar-refractivity contribution is 5.99. The molecule has 2 fully saturated rings. The van der Waals surface area contributed by atoms with Gasteiger partial charge in [-0.2, -0.15) is 0 Å². The number of carbonyl (C=O) groups excluding carboxylic acids is 4. The van der Waals surface area contributed by atoms with Gasteiger partial charge in [0.2, 0.25) is 11.8 Å². The Bertz CT molecular complexity index is 2180. The van der Waals surface area contributed by atoms with E-state index in [1.807, 2.05) is 64.1 Å². The number of H-pyrrole nitrogens is 2. The molecule has 2 heterocycles. The lowest BCUT2D eigenvalue weighted by atomic mass is 9.81. The van der Waals surface area contributed by atoms with Gasteiger partial charge in [-0.1, -0.05) is 30.3 Å². The molecule has 2 atom stereocenters. The van der Waals surface area contributed by atoms with E-state index in [0.717, 1.165) is 35.1 Å². The average molecular weight is 782 g/mol. The number of nitrogens with one attached hydrogen (secondary N) is 6. The van der Waals surface area contributed by atoms with Gasteiger partial charge in [0, 0.05) is 49.3 Å². The summed E-state index contributed by atoms with van der Waals surface area (Å²) in [5.74, 6) is -0.934. The summed E-state index contributed by atoms with van der Waals surface area (Å²) in [7, 11) is 0. The van der Waals surface area contributed by atoms with Gasteiger partial charge >= 0.3 is 12.2 Å². The van der Waals surface area contributed by atoms with Crippen LogP contribution in [0.1, 0.15) is 74.4 Å². The largest absolute Gasteiger partial charge is 0.465 e. The SMILES string of the molecule is Cc1cc(C(=O)N[C@H]2CCN(C(=O)O)C2)ccc1-c1ccc(C[C@H](NC(=O)[C@H]2CC[C@H](CNC(=O)OC(C)(C)C)CC2)C(=O)Nc2ccc3c(=O)[nH][nH]c3c2)cc1. The zero-order valence-corrected chi connectivity index (χ0v) is 32.7. The molecule has 7 N–H and O–H groups in total. The minimum Gasteiger partial charge on any atom is -0.465 e. The Morgan fingerprint density at radius 3 is 2.33 bits per heavy atom. The quantitative estimate of drug-likeness (QED) is 0.106. The number of fused-ring (bicyclic) bond motifs is 1. The van der Waals surface area contributed by atoms with Crippen LogP contribution in [0, 0.1) is 18.8 Å². The van der Waals surface area contributed by atoms with Crippen LogP contribution in [0.15, 0.2) is 65.5 Å². The van der Waals surface area contributed by atoms with Crippen molar-refractivity contribution in [3.8, 4) is 11.1 Å². The Morgan fingerprint density at radius 2 is 1.67 bits per heavy atom. The maximum Gasteiger partial charge on any atom is 0.407 e. The summed E-state index contributed by atoms with van der Waals surface area (Å²) in [5.41, 5.74) is 4.18. The minimum atomic E-state index is -0.993. The van der Waals surface area contributed by atoms with Crippen LogP contribution in [0.2, 0.25) is 0 Å². The van der Waals surface area contributed by atoms with Crippen LogP contribution in [-0.4, -0.2) is 87.4 Å². The van der Waals surface area contributed by atoms with E-state index in [9.17, 15) is 33.9 Å². The molecule has 0 bridgehead atoms. The second kappa shape index (κ2) is 17.3. The first-order valence-electron chi connectivity index (χ1n) is 19.4. The normalized spacial score (nSPS) is 18.7. The van der Waals surface area contributed by atoms with Crippen molar-refractivity contribution in [2.24, 2.45) is 11.8 Å². The zero-order valence-electron chi connectivity index (χ0n) is 32.7. The molecule has 57 heavy (non-hydrogen) atoms. The summed E-state index contributed by atoms with van der Waals surface area (Å²) >= 11 is 0. The van der Waals surface area contributed by atoms with Crippen LogP contribution in [0.25, 0.3) is 22.0 Å². The van der Waals surface area contributed by atoms with E-state index in [1.54, 1.807) is 24.3 Å². The molecule has 6 rings (SSSR count). The third-order valence-corrected chi connectivity index (χ3v) is 10.6. The molecule has 0 unspecified atom stereocenters. The number of amides is 5. The lowest BCUT2D eigenvalue weighted by molar-refractivity contribution is -0.130. The molecule has 302 valence electrons. The summed E-state index contributed by atoms with van der Waals surface area (Å²) in [5, 5.41) is 26.7. The molecule has 0 spiro atoms. The summed E-state index contributed by atoms with van der Waals surface area (Å²) in [6.45, 7) is 8.47. The summed E-state index contributed by atoms with van der Waals surface area (Å²) in [6, 6.07) is 16.9. The van der Waals surface area contributed by atoms with E-state index in [4.69, 9.17) is 4.74 Å². The van der Waals surface area contributed by atoms with E-state index in [2.05, 4.69) is 31.5 Å². The average Bonchev–Trinajstić information content (AvgIpc) is 3.79. The Balaban J connectivity index is 1.10. The second-order valence-corrected chi connectivity index (χ2v) is 16.1. The predicted molar refractivity (Wildman–Crippen MR) is 215 cm³/mol. The van der Waals surface area contributed by atoms with Gasteiger partial charge in [-0.15, -0.1) is 0 Å². The van der Waals surface area contributed by atoms with Gasteiger partial charge in [0.05, 0.1) is 10.9 Å². The van der Waals surface area contributed by atoms with E-state index >= 15 is 0 Å². The van der Waals surface area contributed by atoms with Gasteiger partial charge in [0.15, 0.2) is 0 Å². The number of ether oxygens (including phenoxy) is 1. The van der Waals surface area contributed by atoms with Crippen molar-refractivity contribution >= 4 is 46.5 Å². The van der Waals surface area contributed by atoms with E-state index in [1.165, 1.54) is 4.90 Å². The first kappa shape index (κ1) is 40.5. The van der Waals surface area contributed by atoms with Crippen LogP contribution < -0.4 is 26.8 Å². The first-order chi connectivity index (χ1) is 27.1. The van der Waals surface area contributed by atoms with Crippen LogP contribution in [0.3, 0.4) is 0 Å². The van der Waals surface area contributed by atoms with Crippen molar-refractivity contribution in [1.82, 2.24) is 31.0 Å². The number of hydrogen-bond acceptors (Lipinski definition) is 7. The molecule has 0 radical (unpaired) electrons. The molecular weight excluding hydrogens is 731 g/mol. The highest BCUT2D eigenvalue weighted by Crippen LogP contribution is 2.30. The van der Waals surface area contributed by atoms with Gasteiger partial charge in [0.1, 0.15) is 11.6 Å². The third-order valence-electron chi connectivity index (χ3n) is 10.6. The zero-order chi connectivity index (χ0) is 40.9. The molecule has 1 saturated carbocycles. The number of carbonyl (C=O) groups is 5. The number of anilines is 1. The molecule has 1 saturated heterocycles. The molecule has 15 heteroatoms. The Hall–Kier alpha value is -6.12. The van der Waals surface area contributed by atoms with Gasteiger partial charge in [0.25, 0.3) is 11.5 Å². The summed E-state index contributed by atoms with van der Waals surface area (Å²) < 4.78 is 5.34. The van der Waals surface area contributed by atoms with Gasteiger partial charge in [-0.3, -0.25) is 29.4 Å². The van der Waals surface area contributed by atoms with Crippen LogP contribution in [0.5, 0.6) is 0 Å². The van der Waals surface area contributed by atoms with Crippen molar-refractivity contribution in [3.05, 3.63) is 87.7 Å². The Morgan fingerprint density at radius 1 is 0.930 bits per heavy atom. The molecule has 2 aliphatic rings. The standard InChI is InChI=1S/C42H51N7O8/c1-24-19-29(37(51)45-31-17-18-49(23-31)41(55)56)13-15-32(24)27-9-5-25(6-10-27)20-35(39(53)44-30-14-16-33-34(21-30)47-48-38(33)52)46-36(50)28-11-7-26(8-12-28)22-43-40(54)57-42(2,3)4/h5-6,9-10,13-16,19,21,26,28,31,35H,7-8,11-12,17-18,20,22-23H2,1-4H3,(H,43,54)(H,44,53)(H,45,51)(H,46,50)(H,55,56)(H2,47,48,52)/t26-,28-,31-,35-/m0/s1. The number of benzene rings is 3. The highest BCUT2D eigenvalue weighted by atomic mass is 16.6. The molecule has 1 aliphatic heterocycles. The molecule has 15 nitrogen and oxygen atoms in total. The number of hydrogen-bond donors (Lipinski definition) is 7. The predicted octanol–water partition coefficient (Wildman–Crippen LogP) is 5.31. The topological polar surface area (TPSA) is 215 Å². The fourth-order valence-corrected chi connectivity index (χ4v) is 7.52. The van der Waals surface area contributed by atoms with Gasteiger partial charge in [-0.05, 0) is 118 Å². The van der Waals surface area contributed by atoms with Crippen molar-refractivity contribution in [2.75, 3.05) is 25.0 Å². The molecule has 1 aliphatic carbocycles. The van der Waals surface area contributed by atoms with Crippen LogP contribution >= 0.6 is 0 Å². The van der Waals surface area contributed by atoms with E-state index < -0.39 is 29.7 Å². The smallest absolute Gasteiger partial charge is 0.407 e. The van der Waals surface area contributed by atoms with Crippen LogP contribution in [0.4, 0.5) is 15.3 Å². The van der Waals surface area contributed by atoms with Crippen molar-refractivity contribution < 1.29 is 33.8 Å². The van der Waals surface area contributed by atoms with Crippen molar-refractivity contribution in [2.45, 2.75) is 83.9 Å².